The van der Waals surface area contributed by atoms with Gasteiger partial charge in [-0.25, -0.2) is 8.78 Å². The van der Waals surface area contributed by atoms with E-state index >= 15 is 0 Å². The summed E-state index contributed by atoms with van der Waals surface area (Å²) in [5.41, 5.74) is 4.75. The average molecular weight is 125 g/mol. The molecular formula is C4H9F2NO. The maximum Gasteiger partial charge on any atom is 0.262 e. The average Bonchev–Trinajstić information content (AvgIpc) is 1.62. The van der Waals surface area contributed by atoms with Gasteiger partial charge < -0.3 is 10.8 Å². The molecule has 0 saturated heterocycles. The van der Waals surface area contributed by atoms with Gasteiger partial charge in [-0.05, 0) is 0 Å². The molecule has 8 heavy (non-hydrogen) atoms. The highest BCUT2D eigenvalue weighted by molar-refractivity contribution is 4.73. The lowest BCUT2D eigenvalue weighted by Crippen LogP contribution is -2.41. The molecule has 0 aliphatic carbocycles. The zero-order valence-electron chi connectivity index (χ0n) is 4.56. The lowest BCUT2D eigenvalue weighted by Gasteiger charge is -2.15. The fraction of sp³-hybridized carbons (Fsp3) is 1.00. The Morgan fingerprint density at radius 1 is 1.75 bits per heavy atom. The number of hydrogen-bond acceptors (Lipinski definition) is 2. The van der Waals surface area contributed by atoms with Crippen LogP contribution in [0.4, 0.5) is 8.78 Å². The van der Waals surface area contributed by atoms with E-state index in [0.717, 1.165) is 0 Å². The summed E-state index contributed by atoms with van der Waals surface area (Å²) in [4.78, 5) is 0. The molecular weight excluding hydrogens is 116 g/mol. The van der Waals surface area contributed by atoms with Crippen molar-refractivity contribution in [2.24, 2.45) is 5.73 Å². The number of alkyl halides is 2. The number of aliphatic hydroxyl groups excluding tert-OH is 1. The molecule has 1 unspecified atom stereocenters. The molecule has 0 amide bonds. The molecule has 0 saturated carbocycles. The molecule has 50 valence electrons. The Balaban J connectivity index is 3.62. The lowest BCUT2D eigenvalue weighted by atomic mass is 10.2. The van der Waals surface area contributed by atoms with Crippen LogP contribution in [0.15, 0.2) is 0 Å². The van der Waals surface area contributed by atoms with Crippen molar-refractivity contribution in [2.75, 3.05) is 6.61 Å². The summed E-state index contributed by atoms with van der Waals surface area (Å²) in [5.74, 6) is -2.96. The third-order valence-electron chi connectivity index (χ3n) is 0.848. The van der Waals surface area contributed by atoms with Crippen molar-refractivity contribution in [1.29, 1.82) is 0 Å². The van der Waals surface area contributed by atoms with Crippen molar-refractivity contribution in [1.82, 2.24) is 0 Å². The predicted octanol–water partition coefficient (Wildman–Crippen LogP) is -0.0388. The van der Waals surface area contributed by atoms with E-state index in [-0.39, 0.29) is 0 Å². The first-order valence-electron chi connectivity index (χ1n) is 2.22. The molecule has 1 atom stereocenters. The summed E-state index contributed by atoms with van der Waals surface area (Å²) in [6.45, 7) is -0.00259. The van der Waals surface area contributed by atoms with Crippen molar-refractivity contribution in [3.63, 3.8) is 0 Å². The molecule has 3 N–H and O–H groups in total. The quantitative estimate of drug-likeness (QED) is 0.544. The SMILES string of the molecule is CC(F)(F)C(N)CO. The monoisotopic (exact) mass is 125 g/mol. The molecule has 0 aromatic rings. The molecule has 0 aliphatic heterocycles. The van der Waals surface area contributed by atoms with Crippen molar-refractivity contribution in [3.05, 3.63) is 0 Å². The second kappa shape index (κ2) is 2.37. The van der Waals surface area contributed by atoms with E-state index in [2.05, 4.69) is 0 Å². The van der Waals surface area contributed by atoms with Gasteiger partial charge in [-0.2, -0.15) is 0 Å². The van der Waals surface area contributed by atoms with Gasteiger partial charge in [-0.1, -0.05) is 0 Å². The molecule has 0 spiro atoms. The smallest absolute Gasteiger partial charge is 0.262 e. The normalized spacial score (nSPS) is 16.1. The standard InChI is InChI=1S/C4H9F2NO/c1-4(5,6)3(7)2-8/h3,8H,2,7H2,1H3. The zero-order valence-corrected chi connectivity index (χ0v) is 4.56. The lowest BCUT2D eigenvalue weighted by molar-refractivity contribution is -0.0220. The van der Waals surface area contributed by atoms with E-state index in [1.807, 2.05) is 0 Å². The van der Waals surface area contributed by atoms with Gasteiger partial charge in [0.2, 0.25) is 0 Å². The predicted molar refractivity (Wildman–Crippen MR) is 25.7 cm³/mol. The van der Waals surface area contributed by atoms with Crippen LogP contribution in [-0.4, -0.2) is 23.7 Å². The molecule has 0 radical (unpaired) electrons. The Morgan fingerprint density at radius 3 is 2.12 bits per heavy atom. The first-order valence-corrected chi connectivity index (χ1v) is 2.22. The van der Waals surface area contributed by atoms with Crippen molar-refractivity contribution in [2.45, 2.75) is 18.9 Å². The Bertz CT molecular complexity index is 70.9. The second-order valence-electron chi connectivity index (χ2n) is 1.75. The summed E-state index contributed by atoms with van der Waals surface area (Å²) in [7, 11) is 0. The highest BCUT2D eigenvalue weighted by atomic mass is 19.3. The number of halogens is 2. The topological polar surface area (TPSA) is 46.2 Å². The van der Waals surface area contributed by atoms with E-state index in [4.69, 9.17) is 10.8 Å². The summed E-state index contributed by atoms with van der Waals surface area (Å²) >= 11 is 0. The summed E-state index contributed by atoms with van der Waals surface area (Å²) in [6.07, 6.45) is 0. The Labute approximate surface area is 46.3 Å². The maximum atomic E-state index is 11.8. The van der Waals surface area contributed by atoms with Crippen molar-refractivity contribution >= 4 is 0 Å². The molecule has 2 nitrogen and oxygen atoms in total. The summed E-state index contributed by atoms with van der Waals surface area (Å²) in [5, 5.41) is 8.07. The van der Waals surface area contributed by atoms with Crippen LogP contribution < -0.4 is 5.73 Å². The van der Waals surface area contributed by atoms with Crippen LogP contribution in [0, 0.1) is 0 Å². The second-order valence-corrected chi connectivity index (χ2v) is 1.75. The molecule has 4 heteroatoms. The molecule has 0 bridgehead atoms. The Hall–Kier alpha value is -0.220. The zero-order chi connectivity index (χ0) is 6.78. The third-order valence-corrected chi connectivity index (χ3v) is 0.848. The van der Waals surface area contributed by atoms with E-state index in [1.165, 1.54) is 0 Å². The van der Waals surface area contributed by atoms with Gasteiger partial charge in [0.15, 0.2) is 0 Å². The minimum Gasteiger partial charge on any atom is -0.395 e. The first kappa shape index (κ1) is 7.78. The van der Waals surface area contributed by atoms with Crippen LogP contribution in [0.3, 0.4) is 0 Å². The third kappa shape index (κ3) is 2.18. The van der Waals surface area contributed by atoms with Crippen LogP contribution in [-0.2, 0) is 0 Å². The van der Waals surface area contributed by atoms with Gasteiger partial charge in [0, 0.05) is 6.92 Å². The van der Waals surface area contributed by atoms with Crippen LogP contribution >= 0.6 is 0 Å². The molecule has 0 heterocycles. The fourth-order valence-corrected chi connectivity index (χ4v) is 0.160. The van der Waals surface area contributed by atoms with Crippen LogP contribution in [0.1, 0.15) is 6.92 Å². The first-order chi connectivity index (χ1) is 3.48. The number of hydrogen-bond donors (Lipinski definition) is 2. The number of nitrogens with two attached hydrogens (primary N) is 1. The highest BCUT2D eigenvalue weighted by Gasteiger charge is 2.29. The van der Waals surface area contributed by atoms with Gasteiger partial charge in [-0.15, -0.1) is 0 Å². The van der Waals surface area contributed by atoms with Gasteiger partial charge in [-0.3, -0.25) is 0 Å². The Kier molecular flexibility index (Phi) is 2.30. The fourth-order valence-electron chi connectivity index (χ4n) is 0.160. The van der Waals surface area contributed by atoms with Crippen LogP contribution in [0.2, 0.25) is 0 Å². The van der Waals surface area contributed by atoms with Gasteiger partial charge in [0.25, 0.3) is 5.92 Å². The molecule has 0 aromatic carbocycles. The minimum atomic E-state index is -2.96. The summed E-state index contributed by atoms with van der Waals surface area (Å²) in [6, 6.07) is -1.43. The van der Waals surface area contributed by atoms with E-state index in [9.17, 15) is 8.78 Å². The van der Waals surface area contributed by atoms with Crippen LogP contribution in [0.25, 0.3) is 0 Å². The van der Waals surface area contributed by atoms with E-state index in [1.54, 1.807) is 0 Å². The minimum absolute atomic E-state index is 0.674. The van der Waals surface area contributed by atoms with Crippen LogP contribution in [0.5, 0.6) is 0 Å². The van der Waals surface area contributed by atoms with E-state index in [0.29, 0.717) is 6.92 Å². The van der Waals surface area contributed by atoms with Crippen molar-refractivity contribution < 1.29 is 13.9 Å². The molecule has 0 aromatic heterocycles. The number of rotatable bonds is 2. The Morgan fingerprint density at radius 2 is 2.12 bits per heavy atom. The molecule has 0 rings (SSSR count). The highest BCUT2D eigenvalue weighted by Crippen LogP contribution is 2.14. The maximum absolute atomic E-state index is 11.8. The summed E-state index contributed by atoms with van der Waals surface area (Å²) < 4.78 is 23.7. The van der Waals surface area contributed by atoms with E-state index < -0.39 is 18.6 Å². The van der Waals surface area contributed by atoms with Gasteiger partial charge in [0.1, 0.15) is 0 Å². The van der Waals surface area contributed by atoms with Gasteiger partial charge >= 0.3 is 0 Å². The van der Waals surface area contributed by atoms with Crippen molar-refractivity contribution in [3.8, 4) is 0 Å². The molecule has 0 fully saturated rings. The molecule has 0 aliphatic rings. The largest absolute Gasteiger partial charge is 0.395 e. The van der Waals surface area contributed by atoms with Gasteiger partial charge in [0.05, 0.1) is 12.6 Å². The number of aliphatic hydroxyl groups is 1.